The molecule has 0 radical (unpaired) electrons. The van der Waals surface area contributed by atoms with Crippen LogP contribution in [0.1, 0.15) is 70.9 Å². The molecule has 0 saturated heterocycles. The predicted octanol–water partition coefficient (Wildman–Crippen LogP) is 5.09. The Labute approximate surface area is 130 Å². The molecule has 0 aliphatic heterocycles. The average Bonchev–Trinajstić information content (AvgIpc) is 2.96. The van der Waals surface area contributed by atoms with E-state index in [-0.39, 0.29) is 6.10 Å². The molecule has 2 rings (SSSR count). The monoisotopic (exact) mass is 289 g/mol. The minimum absolute atomic E-state index is 0.233. The van der Waals surface area contributed by atoms with E-state index in [4.69, 9.17) is 4.74 Å². The number of benzene rings is 1. The molecule has 1 N–H and O–H groups in total. The van der Waals surface area contributed by atoms with Crippen molar-refractivity contribution in [2.24, 2.45) is 5.92 Å². The first-order valence-corrected chi connectivity index (χ1v) is 8.69. The third-order valence-corrected chi connectivity index (χ3v) is 4.32. The Hall–Kier alpha value is -1.02. The van der Waals surface area contributed by atoms with Gasteiger partial charge in [0, 0.05) is 6.04 Å². The fourth-order valence-corrected chi connectivity index (χ4v) is 3.31. The Kier molecular flexibility index (Phi) is 6.56. The van der Waals surface area contributed by atoms with Crippen LogP contribution >= 0.6 is 0 Å². The fraction of sp³-hybridized carbons (Fsp3) is 0.684. The highest BCUT2D eigenvalue weighted by Crippen LogP contribution is 2.33. The second-order valence-corrected chi connectivity index (χ2v) is 6.63. The standard InChI is InChI=1S/C19H31NO/c1-4-12-20-19(13-16-8-5-6-9-16)17-10-7-11-18(14-17)21-15(2)3/h7,10-11,14-16,19-20H,4-6,8-9,12-13H2,1-3H3. The fourth-order valence-electron chi connectivity index (χ4n) is 3.31. The highest BCUT2D eigenvalue weighted by atomic mass is 16.5. The molecule has 1 aliphatic carbocycles. The molecule has 2 nitrogen and oxygen atoms in total. The molecule has 0 aromatic heterocycles. The first-order valence-electron chi connectivity index (χ1n) is 8.69. The van der Waals surface area contributed by atoms with Crippen LogP contribution in [0.3, 0.4) is 0 Å². The zero-order chi connectivity index (χ0) is 15.1. The van der Waals surface area contributed by atoms with Gasteiger partial charge >= 0.3 is 0 Å². The lowest BCUT2D eigenvalue weighted by atomic mass is 9.93. The van der Waals surface area contributed by atoms with E-state index >= 15 is 0 Å². The van der Waals surface area contributed by atoms with Gasteiger partial charge in [0.1, 0.15) is 5.75 Å². The topological polar surface area (TPSA) is 21.3 Å². The second kappa shape index (κ2) is 8.43. The molecule has 0 bridgehead atoms. The van der Waals surface area contributed by atoms with Gasteiger partial charge in [-0.3, -0.25) is 0 Å². The number of ether oxygens (including phenoxy) is 1. The molecule has 1 aliphatic rings. The SMILES string of the molecule is CCCNC(CC1CCCC1)c1cccc(OC(C)C)c1. The van der Waals surface area contributed by atoms with Gasteiger partial charge in [-0.15, -0.1) is 0 Å². The number of nitrogens with one attached hydrogen (secondary N) is 1. The number of hydrogen-bond donors (Lipinski definition) is 1. The van der Waals surface area contributed by atoms with E-state index in [0.29, 0.717) is 6.04 Å². The van der Waals surface area contributed by atoms with Crippen molar-refractivity contribution >= 4 is 0 Å². The van der Waals surface area contributed by atoms with Crippen LogP contribution < -0.4 is 10.1 Å². The summed E-state index contributed by atoms with van der Waals surface area (Å²) in [5.41, 5.74) is 1.38. The van der Waals surface area contributed by atoms with Crippen LogP contribution in [-0.4, -0.2) is 12.6 Å². The Bertz CT molecular complexity index is 410. The van der Waals surface area contributed by atoms with Crippen LogP contribution in [0.5, 0.6) is 5.75 Å². The minimum atomic E-state index is 0.233. The van der Waals surface area contributed by atoms with Crippen LogP contribution in [0.2, 0.25) is 0 Å². The molecule has 21 heavy (non-hydrogen) atoms. The molecule has 1 aromatic rings. The highest BCUT2D eigenvalue weighted by Gasteiger charge is 2.21. The smallest absolute Gasteiger partial charge is 0.120 e. The summed E-state index contributed by atoms with van der Waals surface area (Å²) in [6.45, 7) is 7.49. The molecule has 0 heterocycles. The Morgan fingerprint density at radius 3 is 2.67 bits per heavy atom. The summed E-state index contributed by atoms with van der Waals surface area (Å²) in [5, 5.41) is 3.74. The summed E-state index contributed by atoms with van der Waals surface area (Å²) in [6.07, 6.45) is 8.34. The van der Waals surface area contributed by atoms with Crippen LogP contribution in [-0.2, 0) is 0 Å². The molecule has 0 spiro atoms. The van der Waals surface area contributed by atoms with E-state index in [2.05, 4.69) is 50.4 Å². The van der Waals surface area contributed by atoms with Crippen LogP contribution in [0.4, 0.5) is 0 Å². The van der Waals surface area contributed by atoms with Gasteiger partial charge in [-0.25, -0.2) is 0 Å². The Morgan fingerprint density at radius 2 is 2.00 bits per heavy atom. The Morgan fingerprint density at radius 1 is 1.24 bits per heavy atom. The summed E-state index contributed by atoms with van der Waals surface area (Å²) >= 11 is 0. The first kappa shape index (κ1) is 16.4. The van der Waals surface area contributed by atoms with Gasteiger partial charge in [0.25, 0.3) is 0 Å². The molecule has 1 fully saturated rings. The van der Waals surface area contributed by atoms with Crippen molar-refractivity contribution in [3.05, 3.63) is 29.8 Å². The van der Waals surface area contributed by atoms with Crippen LogP contribution in [0.25, 0.3) is 0 Å². The summed E-state index contributed by atoms with van der Waals surface area (Å²) in [5.74, 6) is 1.89. The van der Waals surface area contributed by atoms with E-state index in [1.165, 1.54) is 44.1 Å². The molecule has 0 amide bonds. The Balaban J connectivity index is 2.06. The van der Waals surface area contributed by atoms with E-state index < -0.39 is 0 Å². The third-order valence-electron chi connectivity index (χ3n) is 4.32. The third kappa shape index (κ3) is 5.35. The van der Waals surface area contributed by atoms with Crippen molar-refractivity contribution in [1.29, 1.82) is 0 Å². The summed E-state index contributed by atoms with van der Waals surface area (Å²) in [7, 11) is 0. The van der Waals surface area contributed by atoms with Crippen molar-refractivity contribution in [2.45, 2.75) is 71.4 Å². The maximum Gasteiger partial charge on any atom is 0.120 e. The quantitative estimate of drug-likeness (QED) is 0.719. The van der Waals surface area contributed by atoms with Crippen molar-refractivity contribution in [2.75, 3.05) is 6.54 Å². The largest absolute Gasteiger partial charge is 0.491 e. The van der Waals surface area contributed by atoms with Crippen molar-refractivity contribution in [3.8, 4) is 5.75 Å². The summed E-state index contributed by atoms with van der Waals surface area (Å²) in [4.78, 5) is 0. The summed E-state index contributed by atoms with van der Waals surface area (Å²) in [6, 6.07) is 9.14. The van der Waals surface area contributed by atoms with Gasteiger partial charge in [0.2, 0.25) is 0 Å². The lowest BCUT2D eigenvalue weighted by molar-refractivity contribution is 0.242. The highest BCUT2D eigenvalue weighted by molar-refractivity contribution is 5.31. The van der Waals surface area contributed by atoms with Crippen molar-refractivity contribution in [1.82, 2.24) is 5.32 Å². The predicted molar refractivity (Wildman–Crippen MR) is 89.8 cm³/mol. The van der Waals surface area contributed by atoms with Crippen molar-refractivity contribution in [3.63, 3.8) is 0 Å². The van der Waals surface area contributed by atoms with E-state index in [9.17, 15) is 0 Å². The maximum atomic E-state index is 5.85. The van der Waals surface area contributed by atoms with Gasteiger partial charge in [-0.05, 0) is 56.8 Å². The maximum absolute atomic E-state index is 5.85. The summed E-state index contributed by atoms with van der Waals surface area (Å²) < 4.78 is 5.85. The van der Waals surface area contributed by atoms with E-state index in [0.717, 1.165) is 18.2 Å². The van der Waals surface area contributed by atoms with Gasteiger partial charge in [0.05, 0.1) is 6.10 Å². The van der Waals surface area contributed by atoms with Gasteiger partial charge in [-0.2, -0.15) is 0 Å². The van der Waals surface area contributed by atoms with Gasteiger partial charge in [0.15, 0.2) is 0 Å². The second-order valence-electron chi connectivity index (χ2n) is 6.63. The molecular weight excluding hydrogens is 258 g/mol. The number of hydrogen-bond acceptors (Lipinski definition) is 2. The normalized spacial score (nSPS) is 17.3. The van der Waals surface area contributed by atoms with Crippen LogP contribution in [0, 0.1) is 5.92 Å². The molecule has 1 saturated carbocycles. The van der Waals surface area contributed by atoms with Crippen LogP contribution in [0.15, 0.2) is 24.3 Å². The van der Waals surface area contributed by atoms with Crippen molar-refractivity contribution < 1.29 is 4.74 Å². The zero-order valence-corrected chi connectivity index (χ0v) is 13.9. The lowest BCUT2D eigenvalue weighted by Gasteiger charge is -2.23. The van der Waals surface area contributed by atoms with E-state index in [1.54, 1.807) is 0 Å². The van der Waals surface area contributed by atoms with Gasteiger partial charge in [-0.1, -0.05) is 44.7 Å². The van der Waals surface area contributed by atoms with Gasteiger partial charge < -0.3 is 10.1 Å². The molecule has 1 unspecified atom stereocenters. The molecule has 2 heteroatoms. The minimum Gasteiger partial charge on any atom is -0.491 e. The zero-order valence-electron chi connectivity index (χ0n) is 13.9. The molecule has 1 aromatic carbocycles. The number of rotatable bonds is 8. The lowest BCUT2D eigenvalue weighted by Crippen LogP contribution is -2.24. The van der Waals surface area contributed by atoms with E-state index in [1.807, 2.05) is 0 Å². The average molecular weight is 289 g/mol. The molecular formula is C19H31NO. The first-order chi connectivity index (χ1) is 10.2. The molecule has 1 atom stereocenters. The molecule has 118 valence electrons.